The largest absolute Gasteiger partial charge is 0.320 e. The zero-order valence-electron chi connectivity index (χ0n) is 15.6. The van der Waals surface area contributed by atoms with Crippen molar-refractivity contribution < 1.29 is 4.79 Å². The molecule has 0 unspecified atom stereocenters. The Morgan fingerprint density at radius 1 is 1.04 bits per heavy atom. The van der Waals surface area contributed by atoms with Crippen LogP contribution in [0.3, 0.4) is 0 Å². The molecule has 0 atom stereocenters. The van der Waals surface area contributed by atoms with Crippen molar-refractivity contribution in [1.82, 2.24) is 9.88 Å². The lowest BCUT2D eigenvalue weighted by molar-refractivity contribution is 0.102. The minimum absolute atomic E-state index is 0.0866. The van der Waals surface area contributed by atoms with E-state index in [0.29, 0.717) is 12.1 Å². The van der Waals surface area contributed by atoms with E-state index in [2.05, 4.69) is 32.3 Å². The van der Waals surface area contributed by atoms with Crippen LogP contribution >= 0.6 is 0 Å². The summed E-state index contributed by atoms with van der Waals surface area (Å²) in [5.41, 5.74) is 2.32. The van der Waals surface area contributed by atoms with Gasteiger partial charge in [-0.3, -0.25) is 4.79 Å². The highest BCUT2D eigenvalue weighted by atomic mass is 16.1. The maximum absolute atomic E-state index is 12.6. The lowest BCUT2D eigenvalue weighted by atomic mass is 10.1. The van der Waals surface area contributed by atoms with E-state index in [1.165, 1.54) is 32.4 Å². The van der Waals surface area contributed by atoms with E-state index >= 15 is 0 Å². The molecule has 3 heterocycles. The highest BCUT2D eigenvalue weighted by molar-refractivity contribution is 6.12. The van der Waals surface area contributed by atoms with Crippen LogP contribution in [0.5, 0.6) is 0 Å². The second-order valence-corrected chi connectivity index (χ2v) is 7.12. The van der Waals surface area contributed by atoms with E-state index in [4.69, 9.17) is 0 Å². The molecule has 1 saturated heterocycles. The Hall–Kier alpha value is -2.66. The average Bonchev–Trinajstić information content (AvgIpc) is 2.83. The van der Waals surface area contributed by atoms with Gasteiger partial charge in [-0.15, -0.1) is 0 Å². The van der Waals surface area contributed by atoms with Gasteiger partial charge in [0, 0.05) is 19.3 Å². The molecule has 4 rings (SSSR count). The van der Waals surface area contributed by atoms with Crippen LogP contribution in [0.1, 0.15) is 36.0 Å². The predicted molar refractivity (Wildman–Crippen MR) is 110 cm³/mol. The van der Waals surface area contributed by atoms with Crippen LogP contribution in [0.25, 0.3) is 0 Å². The zero-order chi connectivity index (χ0) is 18.5. The molecule has 1 aromatic heterocycles. The molecule has 1 aromatic carbocycles. The normalized spacial score (nSPS) is 17.3. The van der Waals surface area contributed by atoms with Gasteiger partial charge >= 0.3 is 0 Å². The van der Waals surface area contributed by atoms with Crippen molar-refractivity contribution in [2.75, 3.05) is 36.4 Å². The van der Waals surface area contributed by atoms with Crippen molar-refractivity contribution in [3.63, 3.8) is 0 Å². The molecule has 2 aliphatic heterocycles. The number of fused-ring (bicyclic) bond motifs is 2. The number of aromatic nitrogens is 1. The number of anilines is 3. The number of nitrogens with zero attached hydrogens (tertiary/aromatic N) is 3. The van der Waals surface area contributed by atoms with Crippen molar-refractivity contribution in [3.8, 4) is 0 Å². The third kappa shape index (κ3) is 4.03. The molecule has 0 aliphatic carbocycles. The Morgan fingerprint density at radius 3 is 2.78 bits per heavy atom. The van der Waals surface area contributed by atoms with E-state index in [-0.39, 0.29) is 5.91 Å². The Bertz CT molecular complexity index is 827. The average molecular weight is 362 g/mol. The van der Waals surface area contributed by atoms with Gasteiger partial charge in [-0.25, -0.2) is 4.98 Å². The van der Waals surface area contributed by atoms with E-state index in [0.717, 1.165) is 30.2 Å². The summed E-state index contributed by atoms with van der Waals surface area (Å²) in [6.07, 6.45) is 11.3. The number of likely N-dealkylation sites (tertiary alicyclic amines) is 1. The fraction of sp³-hybridized carbons (Fsp3) is 0.364. The Balaban J connectivity index is 1.50. The number of benzene rings is 1. The van der Waals surface area contributed by atoms with Crippen LogP contribution in [0, 0.1) is 0 Å². The van der Waals surface area contributed by atoms with Gasteiger partial charge in [0.15, 0.2) is 5.82 Å². The number of rotatable bonds is 5. The van der Waals surface area contributed by atoms with Gasteiger partial charge in [0.2, 0.25) is 0 Å². The molecule has 1 fully saturated rings. The van der Waals surface area contributed by atoms with E-state index in [9.17, 15) is 4.79 Å². The summed E-state index contributed by atoms with van der Waals surface area (Å²) in [6, 6.07) is 11.5. The van der Waals surface area contributed by atoms with Crippen LogP contribution in [0.4, 0.5) is 17.2 Å². The SMILES string of the molecule is O=C1Nc2cccnc2N(C/C=C\CCN2CCCCC2)c2ccccc21. The van der Waals surface area contributed by atoms with Gasteiger partial charge in [0.25, 0.3) is 5.91 Å². The number of carbonyl (C=O) groups excluding carboxylic acids is 1. The number of para-hydroxylation sites is 1. The molecule has 0 bridgehead atoms. The number of hydrogen-bond donors (Lipinski definition) is 1. The first-order chi connectivity index (χ1) is 13.3. The lowest BCUT2D eigenvalue weighted by Gasteiger charge is -2.26. The molecular weight excluding hydrogens is 336 g/mol. The Labute approximate surface area is 160 Å². The number of piperidine rings is 1. The standard InChI is InChI=1S/C22H26N4O/c27-22-18-10-3-4-12-20(18)26(21-19(24-22)11-9-13-23-21)17-8-2-7-16-25-14-5-1-6-15-25/h2-4,8-13H,1,5-7,14-17H2,(H,24,27)/b8-2-. The molecule has 5 nitrogen and oxygen atoms in total. The fourth-order valence-corrected chi connectivity index (χ4v) is 3.84. The van der Waals surface area contributed by atoms with Crippen LogP contribution in [-0.4, -0.2) is 42.0 Å². The molecule has 0 radical (unpaired) electrons. The van der Waals surface area contributed by atoms with Crippen molar-refractivity contribution in [1.29, 1.82) is 0 Å². The number of nitrogens with one attached hydrogen (secondary N) is 1. The van der Waals surface area contributed by atoms with Crippen molar-refractivity contribution in [2.24, 2.45) is 0 Å². The van der Waals surface area contributed by atoms with Gasteiger partial charge in [0.1, 0.15) is 0 Å². The molecule has 1 amide bonds. The summed E-state index contributed by atoms with van der Waals surface area (Å²) in [4.78, 5) is 21.8. The summed E-state index contributed by atoms with van der Waals surface area (Å²) in [5.74, 6) is 0.702. The first-order valence-electron chi connectivity index (χ1n) is 9.83. The van der Waals surface area contributed by atoms with E-state index in [1.54, 1.807) is 6.20 Å². The maximum Gasteiger partial charge on any atom is 0.257 e. The zero-order valence-corrected chi connectivity index (χ0v) is 15.6. The van der Waals surface area contributed by atoms with E-state index in [1.807, 2.05) is 36.4 Å². The first-order valence-corrected chi connectivity index (χ1v) is 9.83. The first kappa shape index (κ1) is 17.7. The minimum atomic E-state index is -0.0866. The van der Waals surface area contributed by atoms with Gasteiger partial charge in [-0.1, -0.05) is 30.7 Å². The summed E-state index contributed by atoms with van der Waals surface area (Å²) >= 11 is 0. The van der Waals surface area contributed by atoms with Gasteiger partial charge in [0.05, 0.1) is 16.9 Å². The van der Waals surface area contributed by atoms with Crippen molar-refractivity contribution in [3.05, 3.63) is 60.3 Å². The van der Waals surface area contributed by atoms with Crippen LogP contribution in [-0.2, 0) is 0 Å². The molecule has 2 aromatic rings. The maximum atomic E-state index is 12.6. The van der Waals surface area contributed by atoms with Crippen molar-refractivity contribution in [2.45, 2.75) is 25.7 Å². The van der Waals surface area contributed by atoms with Crippen molar-refractivity contribution >= 4 is 23.1 Å². The molecule has 0 spiro atoms. The minimum Gasteiger partial charge on any atom is -0.320 e. The summed E-state index contributed by atoms with van der Waals surface area (Å²) in [7, 11) is 0. The number of carbonyl (C=O) groups is 1. The second kappa shape index (κ2) is 8.35. The Morgan fingerprint density at radius 2 is 1.89 bits per heavy atom. The number of amides is 1. The Kier molecular flexibility index (Phi) is 5.49. The van der Waals surface area contributed by atoms with Gasteiger partial charge in [-0.2, -0.15) is 0 Å². The quantitative estimate of drug-likeness (QED) is 0.809. The van der Waals surface area contributed by atoms with E-state index < -0.39 is 0 Å². The number of hydrogen-bond acceptors (Lipinski definition) is 4. The lowest BCUT2D eigenvalue weighted by Crippen LogP contribution is -2.30. The third-order valence-electron chi connectivity index (χ3n) is 5.25. The molecular formula is C22H26N4O. The van der Waals surface area contributed by atoms with Gasteiger partial charge in [-0.05, 0) is 56.6 Å². The second-order valence-electron chi connectivity index (χ2n) is 7.12. The molecule has 140 valence electrons. The summed E-state index contributed by atoms with van der Waals surface area (Å²) in [5, 5.41) is 2.98. The summed E-state index contributed by atoms with van der Waals surface area (Å²) < 4.78 is 0. The summed E-state index contributed by atoms with van der Waals surface area (Å²) in [6.45, 7) is 4.29. The monoisotopic (exact) mass is 362 g/mol. The van der Waals surface area contributed by atoms with Gasteiger partial charge < -0.3 is 15.1 Å². The number of pyridine rings is 1. The molecule has 2 aliphatic rings. The third-order valence-corrected chi connectivity index (χ3v) is 5.25. The molecule has 0 saturated carbocycles. The predicted octanol–water partition coefficient (Wildman–Crippen LogP) is 4.22. The van der Waals surface area contributed by atoms with Crippen LogP contribution in [0.15, 0.2) is 54.7 Å². The topological polar surface area (TPSA) is 48.5 Å². The highest BCUT2D eigenvalue weighted by Crippen LogP contribution is 2.35. The highest BCUT2D eigenvalue weighted by Gasteiger charge is 2.24. The molecule has 27 heavy (non-hydrogen) atoms. The molecule has 1 N–H and O–H groups in total. The fourth-order valence-electron chi connectivity index (χ4n) is 3.84. The van der Waals surface area contributed by atoms with Crippen LogP contribution < -0.4 is 10.2 Å². The van der Waals surface area contributed by atoms with Crippen LogP contribution in [0.2, 0.25) is 0 Å². The molecule has 5 heteroatoms. The smallest absolute Gasteiger partial charge is 0.257 e.